The quantitative estimate of drug-likeness (QED) is 0.736. The van der Waals surface area contributed by atoms with Crippen molar-refractivity contribution in [2.75, 3.05) is 11.6 Å². The van der Waals surface area contributed by atoms with Crippen molar-refractivity contribution < 1.29 is 9.00 Å². The van der Waals surface area contributed by atoms with E-state index in [2.05, 4.69) is 10.3 Å². The molecule has 1 amide bonds. The van der Waals surface area contributed by atoms with Gasteiger partial charge in [-0.15, -0.1) is 11.3 Å². The maximum Gasteiger partial charge on any atom is 0.248 e. The van der Waals surface area contributed by atoms with Gasteiger partial charge in [-0.05, 0) is 36.4 Å². The zero-order valence-corrected chi connectivity index (χ0v) is 14.0. The van der Waals surface area contributed by atoms with E-state index >= 15 is 0 Å². The molecule has 3 rings (SSSR count). The molecule has 0 radical (unpaired) electrons. The summed E-state index contributed by atoms with van der Waals surface area (Å²) in [5.41, 5.74) is 1.55. The Morgan fingerprint density at radius 3 is 2.83 bits per heavy atom. The van der Waals surface area contributed by atoms with Gasteiger partial charge in [-0.2, -0.15) is 0 Å². The van der Waals surface area contributed by atoms with Crippen LogP contribution in [-0.4, -0.2) is 21.4 Å². The standard InChI is InChI=1S/C17H14N2O2S2/c1-23(21)13-6-4-5-12(11-13)18-16(20)9-10-17-19-14-7-2-3-8-15(14)22-17/h2-11H,1H3,(H,18,20)/b10-9+. The molecule has 1 heterocycles. The monoisotopic (exact) mass is 342 g/mol. The lowest BCUT2D eigenvalue weighted by molar-refractivity contribution is -0.111. The first-order chi connectivity index (χ1) is 11.1. The minimum absolute atomic E-state index is 0.247. The molecule has 23 heavy (non-hydrogen) atoms. The first-order valence-electron chi connectivity index (χ1n) is 6.90. The molecule has 0 aliphatic heterocycles. The predicted octanol–water partition coefficient (Wildman–Crippen LogP) is 3.69. The van der Waals surface area contributed by atoms with Gasteiger partial charge in [0, 0.05) is 33.7 Å². The van der Waals surface area contributed by atoms with E-state index in [0.29, 0.717) is 10.6 Å². The van der Waals surface area contributed by atoms with Gasteiger partial charge in [-0.3, -0.25) is 9.00 Å². The summed E-state index contributed by atoms with van der Waals surface area (Å²) in [6.45, 7) is 0. The summed E-state index contributed by atoms with van der Waals surface area (Å²) in [4.78, 5) is 17.1. The van der Waals surface area contributed by atoms with E-state index in [9.17, 15) is 9.00 Å². The molecular formula is C17H14N2O2S2. The minimum atomic E-state index is -1.07. The third-order valence-electron chi connectivity index (χ3n) is 3.12. The van der Waals surface area contributed by atoms with Crippen LogP contribution in [0.25, 0.3) is 16.3 Å². The molecular weight excluding hydrogens is 328 g/mol. The molecule has 116 valence electrons. The van der Waals surface area contributed by atoms with E-state index in [1.54, 1.807) is 36.6 Å². The van der Waals surface area contributed by atoms with Gasteiger partial charge in [0.2, 0.25) is 5.91 Å². The van der Waals surface area contributed by atoms with Crippen molar-refractivity contribution in [1.82, 2.24) is 4.98 Å². The Balaban J connectivity index is 1.71. The van der Waals surface area contributed by atoms with E-state index in [4.69, 9.17) is 0 Å². The van der Waals surface area contributed by atoms with Crippen LogP contribution in [0.5, 0.6) is 0 Å². The molecule has 1 aromatic heterocycles. The number of carbonyl (C=O) groups excluding carboxylic acids is 1. The summed E-state index contributed by atoms with van der Waals surface area (Å²) >= 11 is 1.53. The number of nitrogens with one attached hydrogen (secondary N) is 1. The molecule has 0 saturated heterocycles. The number of thiazole rings is 1. The molecule has 6 heteroatoms. The number of rotatable bonds is 4. The molecule has 0 fully saturated rings. The highest BCUT2D eigenvalue weighted by atomic mass is 32.2. The van der Waals surface area contributed by atoms with Crippen LogP contribution in [0.1, 0.15) is 5.01 Å². The van der Waals surface area contributed by atoms with Gasteiger partial charge >= 0.3 is 0 Å². The molecule has 0 saturated carbocycles. The summed E-state index contributed by atoms with van der Waals surface area (Å²) in [6.07, 6.45) is 4.75. The molecule has 2 aromatic carbocycles. The number of nitrogens with zero attached hydrogens (tertiary/aromatic N) is 1. The summed E-state index contributed by atoms with van der Waals surface area (Å²) in [7, 11) is -1.07. The van der Waals surface area contributed by atoms with Gasteiger partial charge in [0.25, 0.3) is 0 Å². The Bertz CT molecular complexity index is 883. The number of carbonyl (C=O) groups is 1. The van der Waals surface area contributed by atoms with Crippen molar-refractivity contribution in [3.05, 3.63) is 59.6 Å². The topological polar surface area (TPSA) is 59.1 Å². The van der Waals surface area contributed by atoms with Crippen molar-refractivity contribution in [2.24, 2.45) is 0 Å². The Morgan fingerprint density at radius 2 is 2.04 bits per heavy atom. The van der Waals surface area contributed by atoms with Gasteiger partial charge in [-0.25, -0.2) is 4.98 Å². The van der Waals surface area contributed by atoms with Crippen LogP contribution < -0.4 is 5.32 Å². The molecule has 4 nitrogen and oxygen atoms in total. The average Bonchev–Trinajstić information content (AvgIpc) is 2.96. The molecule has 1 unspecified atom stereocenters. The Morgan fingerprint density at radius 1 is 1.22 bits per heavy atom. The van der Waals surface area contributed by atoms with Crippen LogP contribution in [0, 0.1) is 0 Å². The predicted molar refractivity (Wildman–Crippen MR) is 96.1 cm³/mol. The highest BCUT2D eigenvalue weighted by Gasteiger charge is 2.03. The Labute approximate surface area is 140 Å². The normalized spacial score (nSPS) is 12.6. The van der Waals surface area contributed by atoms with E-state index in [1.165, 1.54) is 17.4 Å². The minimum Gasteiger partial charge on any atom is -0.322 e. The highest BCUT2D eigenvalue weighted by molar-refractivity contribution is 7.84. The fraction of sp³-hybridized carbons (Fsp3) is 0.0588. The van der Waals surface area contributed by atoms with E-state index in [0.717, 1.165) is 15.2 Å². The summed E-state index contributed by atoms with van der Waals surface area (Å²) < 4.78 is 12.5. The maximum absolute atomic E-state index is 12.0. The lowest BCUT2D eigenvalue weighted by Gasteiger charge is -2.03. The number of fused-ring (bicyclic) bond motifs is 1. The maximum atomic E-state index is 12.0. The molecule has 1 atom stereocenters. The second-order valence-corrected chi connectivity index (χ2v) is 7.27. The van der Waals surface area contributed by atoms with Crippen molar-refractivity contribution in [1.29, 1.82) is 0 Å². The van der Waals surface area contributed by atoms with Crippen LogP contribution in [0.2, 0.25) is 0 Å². The molecule has 3 aromatic rings. The number of hydrogen-bond donors (Lipinski definition) is 1. The first kappa shape index (κ1) is 15.6. The lowest BCUT2D eigenvalue weighted by Crippen LogP contribution is -2.07. The first-order valence-corrected chi connectivity index (χ1v) is 9.27. The van der Waals surface area contributed by atoms with Crippen LogP contribution in [0.15, 0.2) is 59.5 Å². The number of para-hydroxylation sites is 1. The second-order valence-electron chi connectivity index (χ2n) is 4.82. The summed E-state index contributed by atoms with van der Waals surface area (Å²) in [5.74, 6) is -0.247. The van der Waals surface area contributed by atoms with E-state index in [1.807, 2.05) is 24.3 Å². The summed E-state index contributed by atoms with van der Waals surface area (Å²) in [6, 6.07) is 14.9. The van der Waals surface area contributed by atoms with Crippen LogP contribution >= 0.6 is 11.3 Å². The smallest absolute Gasteiger partial charge is 0.248 e. The van der Waals surface area contributed by atoms with Gasteiger partial charge < -0.3 is 5.32 Å². The fourth-order valence-electron chi connectivity index (χ4n) is 2.04. The second kappa shape index (κ2) is 6.85. The van der Waals surface area contributed by atoms with E-state index in [-0.39, 0.29) is 5.91 Å². The van der Waals surface area contributed by atoms with Gasteiger partial charge in [0.15, 0.2) is 0 Å². The number of anilines is 1. The largest absolute Gasteiger partial charge is 0.322 e. The fourth-order valence-corrected chi connectivity index (χ4v) is 3.48. The lowest BCUT2D eigenvalue weighted by atomic mass is 10.3. The number of benzene rings is 2. The number of hydrogen-bond acceptors (Lipinski definition) is 4. The Kier molecular flexibility index (Phi) is 4.64. The van der Waals surface area contributed by atoms with E-state index < -0.39 is 10.8 Å². The van der Waals surface area contributed by atoms with Gasteiger partial charge in [0.1, 0.15) is 5.01 Å². The molecule has 1 N–H and O–H groups in total. The van der Waals surface area contributed by atoms with Crippen molar-refractivity contribution >= 4 is 50.0 Å². The Hall–Kier alpha value is -2.31. The third-order valence-corrected chi connectivity index (χ3v) is 5.04. The molecule has 0 aliphatic rings. The zero-order chi connectivity index (χ0) is 16.2. The molecule has 0 bridgehead atoms. The number of amides is 1. The summed E-state index contributed by atoms with van der Waals surface area (Å²) in [5, 5.41) is 3.54. The van der Waals surface area contributed by atoms with Gasteiger partial charge in [-0.1, -0.05) is 18.2 Å². The third kappa shape index (κ3) is 3.91. The molecule has 0 aliphatic carbocycles. The van der Waals surface area contributed by atoms with Crippen LogP contribution in [-0.2, 0) is 15.6 Å². The average molecular weight is 342 g/mol. The zero-order valence-electron chi connectivity index (χ0n) is 12.4. The van der Waals surface area contributed by atoms with Crippen molar-refractivity contribution in [2.45, 2.75) is 4.90 Å². The van der Waals surface area contributed by atoms with Crippen LogP contribution in [0.3, 0.4) is 0 Å². The highest BCUT2D eigenvalue weighted by Crippen LogP contribution is 2.22. The van der Waals surface area contributed by atoms with Gasteiger partial charge in [0.05, 0.1) is 10.2 Å². The SMILES string of the molecule is CS(=O)c1cccc(NC(=O)/C=C/c2nc3ccccc3s2)c1. The van der Waals surface area contributed by atoms with Crippen LogP contribution in [0.4, 0.5) is 5.69 Å². The number of aromatic nitrogens is 1. The van der Waals surface area contributed by atoms with Crippen molar-refractivity contribution in [3.63, 3.8) is 0 Å². The molecule has 0 spiro atoms. The van der Waals surface area contributed by atoms with Crippen molar-refractivity contribution in [3.8, 4) is 0 Å².